The first kappa shape index (κ1) is 15.5. The molecular formula is C14H20N4O2S. The fraction of sp³-hybridized carbons (Fsp3) is 0.500. The first-order valence-electron chi connectivity index (χ1n) is 6.82. The van der Waals surface area contributed by atoms with Gasteiger partial charge < -0.3 is 15.1 Å². The Kier molecular flexibility index (Phi) is 4.95. The third-order valence-corrected chi connectivity index (χ3v) is 4.25. The smallest absolute Gasteiger partial charge is 0.315 e. The van der Waals surface area contributed by atoms with Gasteiger partial charge in [0.2, 0.25) is 5.89 Å². The first-order chi connectivity index (χ1) is 9.95. The normalized spacial score (nSPS) is 12.2. The Morgan fingerprint density at radius 2 is 2.14 bits per heavy atom. The number of carbonyl (C=O) groups excluding carboxylic acids is 1. The molecule has 7 heteroatoms. The number of carbonyl (C=O) groups is 1. The second-order valence-electron chi connectivity index (χ2n) is 5.02. The van der Waals surface area contributed by atoms with E-state index in [1.165, 1.54) is 4.88 Å². The molecule has 0 aliphatic heterocycles. The Morgan fingerprint density at radius 3 is 2.71 bits per heavy atom. The highest BCUT2D eigenvalue weighted by atomic mass is 32.1. The summed E-state index contributed by atoms with van der Waals surface area (Å²) in [7, 11) is 0. The Hall–Kier alpha value is -1.89. The molecule has 0 spiro atoms. The molecule has 2 amide bonds. The number of oxazole rings is 1. The van der Waals surface area contributed by atoms with Crippen molar-refractivity contribution in [3.63, 3.8) is 0 Å². The molecule has 0 fully saturated rings. The van der Waals surface area contributed by atoms with E-state index in [9.17, 15) is 4.79 Å². The molecule has 2 N–H and O–H groups in total. The van der Waals surface area contributed by atoms with Gasteiger partial charge in [0, 0.05) is 23.5 Å². The molecule has 2 aromatic rings. The number of nitrogens with zero attached hydrogens (tertiary/aromatic N) is 2. The molecular weight excluding hydrogens is 288 g/mol. The van der Waals surface area contributed by atoms with E-state index in [0.717, 1.165) is 16.5 Å². The Bertz CT molecular complexity index is 601. The number of hydrogen-bond acceptors (Lipinski definition) is 5. The average molecular weight is 308 g/mol. The molecule has 6 nitrogen and oxygen atoms in total. The Labute approximate surface area is 128 Å². The minimum atomic E-state index is -0.233. The van der Waals surface area contributed by atoms with Crippen LogP contribution < -0.4 is 10.6 Å². The zero-order valence-corrected chi connectivity index (χ0v) is 13.5. The molecule has 0 aliphatic rings. The number of urea groups is 1. The first-order valence-corrected chi connectivity index (χ1v) is 7.64. The van der Waals surface area contributed by atoms with Crippen molar-refractivity contribution < 1.29 is 9.21 Å². The fourth-order valence-corrected chi connectivity index (χ4v) is 2.59. The average Bonchev–Trinajstić information content (AvgIpc) is 3.00. The van der Waals surface area contributed by atoms with E-state index in [1.807, 2.05) is 33.9 Å². The highest BCUT2D eigenvalue weighted by molar-refractivity contribution is 7.11. The van der Waals surface area contributed by atoms with Crippen molar-refractivity contribution in [2.45, 2.75) is 40.2 Å². The summed E-state index contributed by atoms with van der Waals surface area (Å²) in [5.41, 5.74) is 0.847. The summed E-state index contributed by atoms with van der Waals surface area (Å²) < 4.78 is 5.40. The lowest BCUT2D eigenvalue weighted by Crippen LogP contribution is -2.37. The van der Waals surface area contributed by atoms with E-state index in [4.69, 9.17) is 4.42 Å². The minimum absolute atomic E-state index is 0.195. The standard InChI is InChI=1S/C14H20N4O2S/c1-8(13-15-6-9(2)21-13)5-16-14(19)17-7-12-18-10(3)11(4)20-12/h6,8H,5,7H2,1-4H3,(H2,16,17,19)/t8-/m0/s1. The molecule has 2 rings (SSSR count). The maximum atomic E-state index is 11.7. The second kappa shape index (κ2) is 6.71. The van der Waals surface area contributed by atoms with Crippen molar-refractivity contribution in [2.24, 2.45) is 0 Å². The number of hydrogen-bond donors (Lipinski definition) is 2. The third kappa shape index (κ3) is 4.29. The van der Waals surface area contributed by atoms with Crippen molar-refractivity contribution in [3.8, 4) is 0 Å². The molecule has 0 saturated carbocycles. The number of aromatic nitrogens is 2. The van der Waals surface area contributed by atoms with Gasteiger partial charge in [0.15, 0.2) is 0 Å². The molecule has 1 atom stereocenters. The van der Waals surface area contributed by atoms with Crippen molar-refractivity contribution >= 4 is 17.4 Å². The highest BCUT2D eigenvalue weighted by Gasteiger charge is 2.12. The van der Waals surface area contributed by atoms with Crippen LogP contribution in [-0.4, -0.2) is 22.5 Å². The van der Waals surface area contributed by atoms with Crippen LogP contribution in [0.4, 0.5) is 4.79 Å². The Balaban J connectivity index is 1.74. The predicted molar refractivity (Wildman–Crippen MR) is 81.5 cm³/mol. The van der Waals surface area contributed by atoms with Gasteiger partial charge in [-0.1, -0.05) is 6.92 Å². The number of rotatable bonds is 5. The summed E-state index contributed by atoms with van der Waals surface area (Å²) >= 11 is 1.65. The van der Waals surface area contributed by atoms with Crippen LogP contribution in [0, 0.1) is 20.8 Å². The van der Waals surface area contributed by atoms with Crippen molar-refractivity contribution in [1.29, 1.82) is 0 Å². The van der Waals surface area contributed by atoms with Crippen molar-refractivity contribution in [3.05, 3.63) is 33.4 Å². The summed E-state index contributed by atoms with van der Waals surface area (Å²) in [6.07, 6.45) is 1.85. The van der Waals surface area contributed by atoms with Gasteiger partial charge in [-0.05, 0) is 20.8 Å². The topological polar surface area (TPSA) is 80.0 Å². The molecule has 0 aliphatic carbocycles. The van der Waals surface area contributed by atoms with Gasteiger partial charge >= 0.3 is 6.03 Å². The summed E-state index contributed by atoms with van der Waals surface area (Å²) in [6.45, 7) is 8.62. The third-order valence-electron chi connectivity index (χ3n) is 3.10. The van der Waals surface area contributed by atoms with Gasteiger partial charge in [0.05, 0.1) is 17.2 Å². The molecule has 21 heavy (non-hydrogen) atoms. The SMILES string of the molecule is Cc1cnc([C@@H](C)CNC(=O)NCc2nc(C)c(C)o2)s1. The molecule has 0 unspecified atom stereocenters. The summed E-state index contributed by atoms with van der Waals surface area (Å²) in [4.78, 5) is 21.4. The van der Waals surface area contributed by atoms with Gasteiger partial charge in [-0.3, -0.25) is 0 Å². The van der Waals surface area contributed by atoms with Gasteiger partial charge in [0.25, 0.3) is 0 Å². The van der Waals surface area contributed by atoms with Crippen LogP contribution in [0.1, 0.15) is 40.1 Å². The van der Waals surface area contributed by atoms with E-state index in [-0.39, 0.29) is 18.5 Å². The lowest BCUT2D eigenvalue weighted by Gasteiger charge is -2.10. The molecule has 0 bridgehead atoms. The van der Waals surface area contributed by atoms with Crippen LogP contribution in [-0.2, 0) is 6.54 Å². The summed E-state index contributed by atoms with van der Waals surface area (Å²) in [5, 5.41) is 6.59. The van der Waals surface area contributed by atoms with E-state index in [1.54, 1.807) is 11.3 Å². The van der Waals surface area contributed by atoms with E-state index in [0.29, 0.717) is 12.4 Å². The predicted octanol–water partition coefficient (Wildman–Crippen LogP) is 2.66. The zero-order chi connectivity index (χ0) is 15.4. The van der Waals surface area contributed by atoms with E-state index in [2.05, 4.69) is 20.6 Å². The molecule has 2 heterocycles. The quantitative estimate of drug-likeness (QED) is 0.890. The summed E-state index contributed by atoms with van der Waals surface area (Å²) in [5.74, 6) is 1.49. The van der Waals surface area contributed by atoms with Gasteiger partial charge in [-0.15, -0.1) is 11.3 Å². The van der Waals surface area contributed by atoms with E-state index < -0.39 is 0 Å². The number of nitrogens with one attached hydrogen (secondary N) is 2. The number of thiazole rings is 1. The highest BCUT2D eigenvalue weighted by Crippen LogP contribution is 2.20. The largest absolute Gasteiger partial charge is 0.444 e. The molecule has 0 radical (unpaired) electrons. The number of aryl methyl sites for hydroxylation is 3. The molecule has 2 aromatic heterocycles. The van der Waals surface area contributed by atoms with Crippen LogP contribution in [0.3, 0.4) is 0 Å². The van der Waals surface area contributed by atoms with Crippen LogP contribution in [0.2, 0.25) is 0 Å². The van der Waals surface area contributed by atoms with Crippen molar-refractivity contribution in [1.82, 2.24) is 20.6 Å². The molecule has 0 aromatic carbocycles. The monoisotopic (exact) mass is 308 g/mol. The van der Waals surface area contributed by atoms with Crippen LogP contribution in [0.5, 0.6) is 0 Å². The maximum Gasteiger partial charge on any atom is 0.315 e. The lowest BCUT2D eigenvalue weighted by molar-refractivity contribution is 0.238. The number of amides is 2. The van der Waals surface area contributed by atoms with Gasteiger partial charge in [-0.2, -0.15) is 0 Å². The summed E-state index contributed by atoms with van der Waals surface area (Å²) in [6, 6.07) is -0.233. The molecule has 0 saturated heterocycles. The zero-order valence-electron chi connectivity index (χ0n) is 12.7. The van der Waals surface area contributed by atoms with E-state index >= 15 is 0 Å². The fourth-order valence-electron chi connectivity index (χ4n) is 1.77. The Morgan fingerprint density at radius 1 is 1.38 bits per heavy atom. The van der Waals surface area contributed by atoms with Crippen LogP contribution >= 0.6 is 11.3 Å². The van der Waals surface area contributed by atoms with Crippen LogP contribution in [0.15, 0.2) is 10.6 Å². The van der Waals surface area contributed by atoms with Crippen molar-refractivity contribution in [2.75, 3.05) is 6.54 Å². The second-order valence-corrected chi connectivity index (χ2v) is 6.29. The minimum Gasteiger partial charge on any atom is -0.444 e. The molecule has 114 valence electrons. The van der Waals surface area contributed by atoms with Gasteiger partial charge in [0.1, 0.15) is 5.76 Å². The lowest BCUT2D eigenvalue weighted by atomic mass is 10.2. The van der Waals surface area contributed by atoms with Gasteiger partial charge in [-0.25, -0.2) is 14.8 Å². The van der Waals surface area contributed by atoms with Crippen LogP contribution in [0.25, 0.3) is 0 Å². The maximum absolute atomic E-state index is 11.7.